The zero-order valence-corrected chi connectivity index (χ0v) is 15.7. The minimum atomic E-state index is -0.352. The molecule has 2 N–H and O–H groups in total. The molecule has 0 bridgehead atoms. The van der Waals surface area contributed by atoms with Crippen LogP contribution in [0, 0.1) is 20.8 Å². The molecule has 0 spiro atoms. The minimum Gasteiger partial charge on any atom is -0.371 e. The van der Waals surface area contributed by atoms with Crippen LogP contribution in [-0.4, -0.2) is 25.3 Å². The number of rotatable bonds is 4. The lowest BCUT2D eigenvalue weighted by Gasteiger charge is -2.20. The molecule has 1 saturated heterocycles. The Morgan fingerprint density at radius 3 is 2.46 bits per heavy atom. The Labute approximate surface area is 155 Å². The molecular formula is C21H26N4O. The van der Waals surface area contributed by atoms with Crippen LogP contribution in [-0.2, 0) is 0 Å². The monoisotopic (exact) mass is 350 g/mol. The van der Waals surface area contributed by atoms with Gasteiger partial charge in [0, 0.05) is 24.5 Å². The predicted molar refractivity (Wildman–Crippen MR) is 108 cm³/mol. The van der Waals surface area contributed by atoms with Crippen LogP contribution in [0.4, 0.5) is 16.2 Å². The Morgan fingerprint density at radius 1 is 1.00 bits per heavy atom. The zero-order valence-electron chi connectivity index (χ0n) is 15.7. The molecule has 1 aliphatic heterocycles. The van der Waals surface area contributed by atoms with Crippen molar-refractivity contribution < 1.29 is 4.79 Å². The van der Waals surface area contributed by atoms with E-state index in [0.717, 1.165) is 29.9 Å². The SMILES string of the molecule is Cc1ccc(NC(=O)N/N=C\c2ccc(N3CCCC3)c(C)c2)cc1C. The standard InChI is InChI=1S/C21H26N4O/c1-15-6-8-19(13-16(15)2)23-21(26)24-22-14-18-7-9-20(17(3)12-18)25-10-4-5-11-25/h6-9,12-14H,4-5,10-11H2,1-3H3,(H2,23,24,26)/b22-14-. The number of carbonyl (C=O) groups excluding carboxylic acids is 1. The maximum atomic E-state index is 12.0. The molecule has 26 heavy (non-hydrogen) atoms. The highest BCUT2D eigenvalue weighted by Gasteiger charge is 2.13. The summed E-state index contributed by atoms with van der Waals surface area (Å²) in [5.74, 6) is 0. The maximum Gasteiger partial charge on any atom is 0.339 e. The van der Waals surface area contributed by atoms with Gasteiger partial charge in [0.05, 0.1) is 6.21 Å². The Morgan fingerprint density at radius 2 is 1.77 bits per heavy atom. The van der Waals surface area contributed by atoms with E-state index in [0.29, 0.717) is 0 Å². The first kappa shape index (κ1) is 18.0. The molecule has 1 aliphatic rings. The highest BCUT2D eigenvalue weighted by atomic mass is 16.2. The summed E-state index contributed by atoms with van der Waals surface area (Å²) in [4.78, 5) is 14.4. The number of carbonyl (C=O) groups is 1. The molecule has 136 valence electrons. The Hall–Kier alpha value is -2.82. The average Bonchev–Trinajstić information content (AvgIpc) is 3.12. The Bertz CT molecular complexity index is 823. The summed E-state index contributed by atoms with van der Waals surface area (Å²) in [6.45, 7) is 8.44. The number of benzene rings is 2. The number of hydrogen-bond donors (Lipinski definition) is 2. The molecular weight excluding hydrogens is 324 g/mol. The lowest BCUT2D eigenvalue weighted by Crippen LogP contribution is -2.24. The normalized spacial score (nSPS) is 14.0. The fraction of sp³-hybridized carbons (Fsp3) is 0.333. The van der Waals surface area contributed by atoms with Crippen molar-refractivity contribution in [2.75, 3.05) is 23.3 Å². The van der Waals surface area contributed by atoms with E-state index in [9.17, 15) is 4.79 Å². The van der Waals surface area contributed by atoms with Crippen LogP contribution in [0.15, 0.2) is 41.5 Å². The summed E-state index contributed by atoms with van der Waals surface area (Å²) < 4.78 is 0. The highest BCUT2D eigenvalue weighted by molar-refractivity contribution is 5.90. The largest absolute Gasteiger partial charge is 0.371 e. The molecule has 0 radical (unpaired) electrons. The van der Waals surface area contributed by atoms with Crippen molar-refractivity contribution in [3.05, 3.63) is 58.7 Å². The molecule has 0 unspecified atom stereocenters. The van der Waals surface area contributed by atoms with E-state index in [1.54, 1.807) is 6.21 Å². The van der Waals surface area contributed by atoms with E-state index in [1.165, 1.54) is 29.7 Å². The van der Waals surface area contributed by atoms with Gasteiger partial charge in [-0.1, -0.05) is 12.1 Å². The van der Waals surface area contributed by atoms with Gasteiger partial charge in [-0.05, 0) is 80.1 Å². The van der Waals surface area contributed by atoms with Gasteiger partial charge in [-0.2, -0.15) is 5.10 Å². The van der Waals surface area contributed by atoms with Gasteiger partial charge in [-0.15, -0.1) is 0 Å². The topological polar surface area (TPSA) is 56.7 Å². The second-order valence-corrected chi connectivity index (χ2v) is 6.86. The smallest absolute Gasteiger partial charge is 0.339 e. The summed E-state index contributed by atoms with van der Waals surface area (Å²) in [6, 6.07) is 11.7. The van der Waals surface area contributed by atoms with Gasteiger partial charge < -0.3 is 10.2 Å². The summed E-state index contributed by atoms with van der Waals surface area (Å²) >= 11 is 0. The Kier molecular flexibility index (Phi) is 5.56. The van der Waals surface area contributed by atoms with E-state index in [-0.39, 0.29) is 6.03 Å². The summed E-state index contributed by atoms with van der Waals surface area (Å²) in [6.07, 6.45) is 4.20. The number of hydrazone groups is 1. The number of hydrogen-bond acceptors (Lipinski definition) is 3. The fourth-order valence-corrected chi connectivity index (χ4v) is 3.22. The quantitative estimate of drug-likeness (QED) is 0.635. The van der Waals surface area contributed by atoms with E-state index in [4.69, 9.17) is 0 Å². The predicted octanol–water partition coefficient (Wildman–Crippen LogP) is 4.37. The lowest BCUT2D eigenvalue weighted by molar-refractivity contribution is 0.252. The third kappa shape index (κ3) is 4.42. The van der Waals surface area contributed by atoms with Crippen LogP contribution in [0.2, 0.25) is 0 Å². The van der Waals surface area contributed by atoms with Crippen molar-refractivity contribution in [1.82, 2.24) is 5.43 Å². The molecule has 3 rings (SSSR count). The first-order chi connectivity index (χ1) is 12.5. The molecule has 0 aliphatic carbocycles. The number of anilines is 2. The lowest BCUT2D eigenvalue weighted by atomic mass is 10.1. The molecule has 2 aromatic carbocycles. The molecule has 5 nitrogen and oxygen atoms in total. The van der Waals surface area contributed by atoms with Crippen molar-refractivity contribution >= 4 is 23.6 Å². The summed E-state index contributed by atoms with van der Waals surface area (Å²) in [5, 5.41) is 6.83. The third-order valence-corrected chi connectivity index (χ3v) is 4.81. The van der Waals surface area contributed by atoms with Crippen LogP contribution < -0.4 is 15.6 Å². The molecule has 0 saturated carbocycles. The van der Waals surface area contributed by atoms with Crippen LogP contribution in [0.25, 0.3) is 0 Å². The second kappa shape index (κ2) is 8.04. The number of nitrogens with zero attached hydrogens (tertiary/aromatic N) is 2. The molecule has 2 aromatic rings. The van der Waals surface area contributed by atoms with E-state index in [2.05, 4.69) is 39.8 Å². The maximum absolute atomic E-state index is 12.0. The molecule has 0 aromatic heterocycles. The summed E-state index contributed by atoms with van der Waals surface area (Å²) in [7, 11) is 0. The van der Waals surface area contributed by atoms with Crippen LogP contribution in [0.3, 0.4) is 0 Å². The molecule has 2 amide bonds. The van der Waals surface area contributed by atoms with Crippen molar-refractivity contribution in [3.63, 3.8) is 0 Å². The van der Waals surface area contributed by atoms with Gasteiger partial charge >= 0.3 is 6.03 Å². The molecule has 1 heterocycles. The van der Waals surface area contributed by atoms with Gasteiger partial charge in [0.1, 0.15) is 0 Å². The second-order valence-electron chi connectivity index (χ2n) is 6.86. The minimum absolute atomic E-state index is 0.352. The Balaban J connectivity index is 1.56. The van der Waals surface area contributed by atoms with Gasteiger partial charge in [-0.3, -0.25) is 0 Å². The van der Waals surface area contributed by atoms with Gasteiger partial charge in [-0.25, -0.2) is 10.2 Å². The number of aryl methyl sites for hydroxylation is 3. The van der Waals surface area contributed by atoms with Crippen LogP contribution in [0.5, 0.6) is 0 Å². The first-order valence-electron chi connectivity index (χ1n) is 9.06. The third-order valence-electron chi connectivity index (χ3n) is 4.81. The van der Waals surface area contributed by atoms with Gasteiger partial charge in [0.15, 0.2) is 0 Å². The van der Waals surface area contributed by atoms with Gasteiger partial charge in [0.2, 0.25) is 0 Å². The first-order valence-corrected chi connectivity index (χ1v) is 9.06. The molecule has 1 fully saturated rings. The van der Waals surface area contributed by atoms with Gasteiger partial charge in [0.25, 0.3) is 0 Å². The highest BCUT2D eigenvalue weighted by Crippen LogP contribution is 2.24. The molecule has 5 heteroatoms. The van der Waals surface area contributed by atoms with E-state index < -0.39 is 0 Å². The summed E-state index contributed by atoms with van der Waals surface area (Å²) in [5.41, 5.74) is 9.10. The van der Waals surface area contributed by atoms with Crippen LogP contribution in [0.1, 0.15) is 35.1 Å². The number of urea groups is 1. The van der Waals surface area contributed by atoms with Crippen molar-refractivity contribution in [2.45, 2.75) is 33.6 Å². The number of nitrogens with one attached hydrogen (secondary N) is 2. The van der Waals surface area contributed by atoms with Crippen molar-refractivity contribution in [1.29, 1.82) is 0 Å². The molecule has 0 atom stereocenters. The fourth-order valence-electron chi connectivity index (χ4n) is 3.22. The zero-order chi connectivity index (χ0) is 18.5. The van der Waals surface area contributed by atoms with Crippen molar-refractivity contribution in [3.8, 4) is 0 Å². The van der Waals surface area contributed by atoms with Crippen molar-refractivity contribution in [2.24, 2.45) is 5.10 Å². The average molecular weight is 350 g/mol. The van der Waals surface area contributed by atoms with E-state index in [1.807, 2.05) is 38.1 Å². The number of amides is 2. The van der Waals surface area contributed by atoms with Crippen LogP contribution >= 0.6 is 0 Å². The van der Waals surface area contributed by atoms with E-state index >= 15 is 0 Å².